The van der Waals surface area contributed by atoms with Crippen LogP contribution in [0.15, 0.2) is 53.5 Å². The van der Waals surface area contributed by atoms with Crippen molar-refractivity contribution in [2.45, 2.75) is 13.2 Å². The number of halogens is 3. The SMILES string of the molecule is C=CCNCc1cc(Br)ccc1OCc1ccc(Cl)cc1Cl. The molecule has 0 saturated heterocycles. The van der Waals surface area contributed by atoms with Crippen molar-refractivity contribution in [3.63, 3.8) is 0 Å². The summed E-state index contributed by atoms with van der Waals surface area (Å²) in [6.45, 7) is 5.54. The molecule has 116 valence electrons. The van der Waals surface area contributed by atoms with Gasteiger partial charge in [0.25, 0.3) is 0 Å². The fraction of sp³-hybridized carbons (Fsp3) is 0.176. The summed E-state index contributed by atoms with van der Waals surface area (Å²) in [6, 6.07) is 11.3. The molecule has 0 fully saturated rings. The van der Waals surface area contributed by atoms with Crippen LogP contribution >= 0.6 is 39.1 Å². The number of hydrogen-bond donors (Lipinski definition) is 1. The highest BCUT2D eigenvalue weighted by atomic mass is 79.9. The smallest absolute Gasteiger partial charge is 0.124 e. The van der Waals surface area contributed by atoms with Gasteiger partial charge in [-0.2, -0.15) is 0 Å². The van der Waals surface area contributed by atoms with Crippen molar-refractivity contribution in [1.82, 2.24) is 5.32 Å². The molecule has 2 rings (SSSR count). The quantitative estimate of drug-likeness (QED) is 0.481. The van der Waals surface area contributed by atoms with Crippen LogP contribution in [0.4, 0.5) is 0 Å². The van der Waals surface area contributed by atoms with Crippen LogP contribution in [0.25, 0.3) is 0 Å². The molecule has 0 bridgehead atoms. The second-order valence-corrected chi connectivity index (χ2v) is 6.46. The highest BCUT2D eigenvalue weighted by molar-refractivity contribution is 9.10. The van der Waals surface area contributed by atoms with E-state index >= 15 is 0 Å². The molecule has 2 nitrogen and oxygen atoms in total. The molecule has 0 aliphatic heterocycles. The summed E-state index contributed by atoms with van der Waals surface area (Å²) < 4.78 is 6.93. The van der Waals surface area contributed by atoms with Gasteiger partial charge in [0.2, 0.25) is 0 Å². The van der Waals surface area contributed by atoms with E-state index in [-0.39, 0.29) is 0 Å². The van der Waals surface area contributed by atoms with Crippen molar-refractivity contribution >= 4 is 39.1 Å². The summed E-state index contributed by atoms with van der Waals surface area (Å²) >= 11 is 15.6. The predicted octanol–water partition coefficient (Wildman–Crippen LogP) is 5.61. The zero-order valence-electron chi connectivity index (χ0n) is 11.9. The molecule has 5 heteroatoms. The van der Waals surface area contributed by atoms with E-state index in [0.29, 0.717) is 23.2 Å². The molecule has 2 aromatic rings. The van der Waals surface area contributed by atoms with Crippen molar-refractivity contribution in [1.29, 1.82) is 0 Å². The van der Waals surface area contributed by atoms with Crippen molar-refractivity contribution in [2.75, 3.05) is 6.54 Å². The number of rotatable bonds is 7. The van der Waals surface area contributed by atoms with Gasteiger partial charge in [0.15, 0.2) is 0 Å². The van der Waals surface area contributed by atoms with Crippen LogP contribution in [0.5, 0.6) is 5.75 Å². The topological polar surface area (TPSA) is 21.3 Å². The van der Waals surface area contributed by atoms with Gasteiger partial charge in [0.05, 0.1) is 0 Å². The summed E-state index contributed by atoms with van der Waals surface area (Å²) in [5.74, 6) is 0.825. The van der Waals surface area contributed by atoms with Crippen LogP contribution in [0.3, 0.4) is 0 Å². The lowest BCUT2D eigenvalue weighted by molar-refractivity contribution is 0.302. The van der Waals surface area contributed by atoms with E-state index in [4.69, 9.17) is 27.9 Å². The molecular formula is C17H16BrCl2NO. The van der Waals surface area contributed by atoms with E-state index in [1.807, 2.05) is 30.3 Å². The van der Waals surface area contributed by atoms with Crippen molar-refractivity contribution in [2.24, 2.45) is 0 Å². The van der Waals surface area contributed by atoms with Crippen molar-refractivity contribution < 1.29 is 4.74 Å². The first-order valence-corrected chi connectivity index (χ1v) is 8.32. The highest BCUT2D eigenvalue weighted by Crippen LogP contribution is 2.26. The molecule has 0 aliphatic rings. The summed E-state index contributed by atoms with van der Waals surface area (Å²) in [5.41, 5.74) is 1.97. The normalized spacial score (nSPS) is 10.5. The molecule has 2 aromatic carbocycles. The van der Waals surface area contributed by atoms with Crippen LogP contribution in [0.2, 0.25) is 10.0 Å². The summed E-state index contributed by atoms with van der Waals surface area (Å²) in [7, 11) is 0. The zero-order chi connectivity index (χ0) is 15.9. The second kappa shape index (κ2) is 8.59. The molecule has 0 spiro atoms. The maximum Gasteiger partial charge on any atom is 0.124 e. The minimum atomic E-state index is 0.395. The molecule has 0 atom stereocenters. The van der Waals surface area contributed by atoms with Crippen molar-refractivity contribution in [3.05, 3.63) is 74.7 Å². The number of benzene rings is 2. The average Bonchev–Trinajstić information content (AvgIpc) is 2.48. The van der Waals surface area contributed by atoms with E-state index in [0.717, 1.165) is 27.9 Å². The summed E-state index contributed by atoms with van der Waals surface area (Å²) in [5, 5.41) is 4.50. The molecule has 1 N–H and O–H groups in total. The van der Waals surface area contributed by atoms with Crippen molar-refractivity contribution in [3.8, 4) is 5.75 Å². The molecule has 0 radical (unpaired) electrons. The summed E-state index contributed by atoms with van der Waals surface area (Å²) in [6.07, 6.45) is 1.83. The third-order valence-electron chi connectivity index (χ3n) is 3.02. The van der Waals surface area contributed by atoms with Crippen LogP contribution in [0.1, 0.15) is 11.1 Å². The average molecular weight is 401 g/mol. The van der Waals surface area contributed by atoms with E-state index in [2.05, 4.69) is 27.8 Å². The Morgan fingerprint density at radius 2 is 1.95 bits per heavy atom. The van der Waals surface area contributed by atoms with E-state index in [1.54, 1.807) is 12.1 Å². The molecule has 0 heterocycles. The van der Waals surface area contributed by atoms with Crippen LogP contribution in [-0.2, 0) is 13.2 Å². The van der Waals surface area contributed by atoms with Gasteiger partial charge in [0.1, 0.15) is 12.4 Å². The Kier molecular flexibility index (Phi) is 6.77. The van der Waals surface area contributed by atoms with Crippen LogP contribution in [-0.4, -0.2) is 6.54 Å². The maximum atomic E-state index is 6.17. The Balaban J connectivity index is 2.09. The fourth-order valence-corrected chi connectivity index (χ4v) is 2.80. The first kappa shape index (κ1) is 17.4. The standard InChI is InChI=1S/C17H16BrCl2NO/c1-2-7-21-10-13-8-14(18)4-6-17(13)22-11-12-3-5-15(19)9-16(12)20/h2-6,8-9,21H,1,7,10-11H2. The van der Waals surface area contributed by atoms with Gasteiger partial charge in [0, 0.05) is 38.7 Å². The van der Waals surface area contributed by atoms with E-state index in [9.17, 15) is 0 Å². The van der Waals surface area contributed by atoms with E-state index in [1.165, 1.54) is 0 Å². The van der Waals surface area contributed by atoms with Gasteiger partial charge in [-0.15, -0.1) is 6.58 Å². The molecule has 22 heavy (non-hydrogen) atoms. The minimum absolute atomic E-state index is 0.395. The van der Waals surface area contributed by atoms with Crippen LogP contribution in [0, 0.1) is 0 Å². The Bertz CT molecular complexity index is 661. The fourth-order valence-electron chi connectivity index (χ4n) is 1.93. The first-order chi connectivity index (χ1) is 10.6. The monoisotopic (exact) mass is 399 g/mol. The van der Waals surface area contributed by atoms with Gasteiger partial charge in [-0.25, -0.2) is 0 Å². The maximum absolute atomic E-state index is 6.17. The molecule has 0 unspecified atom stereocenters. The third kappa shape index (κ3) is 5.03. The van der Waals surface area contributed by atoms with Crippen LogP contribution < -0.4 is 10.1 Å². The van der Waals surface area contributed by atoms with E-state index < -0.39 is 0 Å². The molecular weight excluding hydrogens is 385 g/mol. The number of ether oxygens (including phenoxy) is 1. The van der Waals surface area contributed by atoms with Gasteiger partial charge >= 0.3 is 0 Å². The Morgan fingerprint density at radius 3 is 2.68 bits per heavy atom. The van der Waals surface area contributed by atoms with Gasteiger partial charge in [-0.05, 0) is 30.3 Å². The Labute approximate surface area is 149 Å². The predicted molar refractivity (Wildman–Crippen MR) is 96.8 cm³/mol. The number of nitrogens with one attached hydrogen (secondary N) is 1. The first-order valence-electron chi connectivity index (χ1n) is 6.77. The van der Waals surface area contributed by atoms with Gasteiger partial charge in [-0.3, -0.25) is 0 Å². The number of hydrogen-bond acceptors (Lipinski definition) is 2. The largest absolute Gasteiger partial charge is 0.489 e. The second-order valence-electron chi connectivity index (χ2n) is 4.70. The molecule has 0 amide bonds. The lowest BCUT2D eigenvalue weighted by Crippen LogP contribution is -2.13. The lowest BCUT2D eigenvalue weighted by atomic mass is 10.2. The molecule has 0 aliphatic carbocycles. The molecule has 0 saturated carbocycles. The highest BCUT2D eigenvalue weighted by Gasteiger charge is 2.07. The Morgan fingerprint density at radius 1 is 1.14 bits per heavy atom. The van der Waals surface area contributed by atoms with Gasteiger partial charge < -0.3 is 10.1 Å². The third-order valence-corrected chi connectivity index (χ3v) is 4.11. The Hall–Kier alpha value is -1.000. The zero-order valence-corrected chi connectivity index (χ0v) is 15.0. The van der Waals surface area contributed by atoms with Gasteiger partial charge in [-0.1, -0.05) is 51.3 Å². The lowest BCUT2D eigenvalue weighted by Gasteiger charge is -2.13. The summed E-state index contributed by atoms with van der Waals surface area (Å²) in [4.78, 5) is 0. The minimum Gasteiger partial charge on any atom is -0.489 e. The molecule has 0 aromatic heterocycles.